The van der Waals surface area contributed by atoms with E-state index in [4.69, 9.17) is 4.74 Å². The van der Waals surface area contributed by atoms with Gasteiger partial charge in [0.15, 0.2) is 6.04 Å². The third kappa shape index (κ3) is 4.35. The molecule has 0 heterocycles. The van der Waals surface area contributed by atoms with Gasteiger partial charge in [-0.2, -0.15) is 0 Å². The van der Waals surface area contributed by atoms with E-state index >= 15 is 0 Å². The van der Waals surface area contributed by atoms with Crippen LogP contribution in [0.4, 0.5) is 14.9 Å². The van der Waals surface area contributed by atoms with Gasteiger partial charge in [0.25, 0.3) is 0 Å². The van der Waals surface area contributed by atoms with Crippen LogP contribution in [0, 0.1) is 5.82 Å². The summed E-state index contributed by atoms with van der Waals surface area (Å²) in [5, 5.41) is 9.80. The molecule has 3 aromatic rings. The van der Waals surface area contributed by atoms with Crippen molar-refractivity contribution in [3.63, 3.8) is 0 Å². The minimum Gasteiger partial charge on any atom is -0.479 e. The summed E-state index contributed by atoms with van der Waals surface area (Å²) in [5.74, 6) is -2.09. The summed E-state index contributed by atoms with van der Waals surface area (Å²) in [6.45, 7) is -0.0351. The number of nitrogens with zero attached hydrogens (tertiary/aromatic N) is 1. The van der Waals surface area contributed by atoms with Crippen LogP contribution < -0.4 is 4.90 Å². The van der Waals surface area contributed by atoms with Crippen LogP contribution in [0.15, 0.2) is 84.9 Å². The number of hydrogen-bond acceptors (Lipinski definition) is 3. The smallest absolute Gasteiger partial charge is 0.415 e. The number of ether oxygens (including phenoxy) is 1. The van der Waals surface area contributed by atoms with E-state index in [9.17, 15) is 19.1 Å². The number of carbonyl (C=O) groups excluding carboxylic acids is 1. The molecule has 1 N–H and O–H groups in total. The maximum atomic E-state index is 14.3. The molecule has 0 fully saturated rings. The van der Waals surface area contributed by atoms with Crippen molar-refractivity contribution in [2.75, 3.05) is 4.90 Å². The molecule has 142 valence electrons. The van der Waals surface area contributed by atoms with E-state index in [-0.39, 0.29) is 17.9 Å². The first-order valence-electron chi connectivity index (χ1n) is 8.60. The van der Waals surface area contributed by atoms with Gasteiger partial charge in [0.05, 0.1) is 0 Å². The number of aliphatic carboxylic acids is 1. The Balaban J connectivity index is 1.97. The molecular weight excluding hydrogens is 361 g/mol. The molecule has 28 heavy (non-hydrogen) atoms. The minimum absolute atomic E-state index is 0.0351. The summed E-state index contributed by atoms with van der Waals surface area (Å²) in [5.41, 5.74) is 0.911. The summed E-state index contributed by atoms with van der Waals surface area (Å²) in [7, 11) is 0. The number of carboxylic acid groups (broad SMARTS) is 1. The predicted molar refractivity (Wildman–Crippen MR) is 102 cm³/mol. The van der Waals surface area contributed by atoms with Gasteiger partial charge in [-0.25, -0.2) is 14.0 Å². The van der Waals surface area contributed by atoms with E-state index < -0.39 is 23.9 Å². The highest BCUT2D eigenvalue weighted by atomic mass is 19.1. The molecule has 5 nitrogen and oxygen atoms in total. The second kappa shape index (κ2) is 8.81. The molecule has 0 spiro atoms. The van der Waals surface area contributed by atoms with E-state index in [2.05, 4.69) is 0 Å². The monoisotopic (exact) mass is 379 g/mol. The highest BCUT2D eigenvalue weighted by Crippen LogP contribution is 2.30. The molecule has 0 radical (unpaired) electrons. The first-order chi connectivity index (χ1) is 13.6. The number of hydrogen-bond donors (Lipinski definition) is 1. The van der Waals surface area contributed by atoms with Gasteiger partial charge in [0.2, 0.25) is 0 Å². The molecule has 0 bridgehead atoms. The lowest BCUT2D eigenvalue weighted by molar-refractivity contribution is -0.138. The van der Waals surface area contributed by atoms with E-state index in [1.54, 1.807) is 54.6 Å². The van der Waals surface area contributed by atoms with Gasteiger partial charge in [-0.05, 0) is 23.8 Å². The van der Waals surface area contributed by atoms with Crippen LogP contribution in [0.25, 0.3) is 0 Å². The topological polar surface area (TPSA) is 66.8 Å². The van der Waals surface area contributed by atoms with E-state index in [1.807, 2.05) is 6.07 Å². The maximum Gasteiger partial charge on any atom is 0.415 e. The van der Waals surface area contributed by atoms with Gasteiger partial charge in [-0.3, -0.25) is 4.90 Å². The van der Waals surface area contributed by atoms with Crippen LogP contribution in [-0.4, -0.2) is 17.2 Å². The van der Waals surface area contributed by atoms with Crippen molar-refractivity contribution in [2.24, 2.45) is 0 Å². The van der Waals surface area contributed by atoms with E-state index in [0.29, 0.717) is 0 Å². The average Bonchev–Trinajstić information content (AvgIpc) is 2.72. The summed E-state index contributed by atoms with van der Waals surface area (Å²) in [6, 6.07) is 21.1. The molecule has 0 saturated carbocycles. The molecule has 0 aliphatic carbocycles. The van der Waals surface area contributed by atoms with Crippen LogP contribution >= 0.6 is 0 Å². The summed E-state index contributed by atoms with van der Waals surface area (Å²) < 4.78 is 19.7. The number of para-hydroxylation sites is 1. The van der Waals surface area contributed by atoms with Crippen molar-refractivity contribution < 1.29 is 23.8 Å². The molecule has 6 heteroatoms. The zero-order valence-electron chi connectivity index (χ0n) is 14.9. The number of rotatable bonds is 6. The quantitative estimate of drug-likeness (QED) is 0.668. The molecule has 0 aromatic heterocycles. The zero-order chi connectivity index (χ0) is 19.9. The van der Waals surface area contributed by atoms with E-state index in [0.717, 1.165) is 16.5 Å². The van der Waals surface area contributed by atoms with Crippen LogP contribution in [0.1, 0.15) is 17.2 Å². The van der Waals surface area contributed by atoms with Gasteiger partial charge in [-0.15, -0.1) is 0 Å². The Bertz CT molecular complexity index is 947. The van der Waals surface area contributed by atoms with Crippen molar-refractivity contribution in [1.82, 2.24) is 0 Å². The zero-order valence-corrected chi connectivity index (χ0v) is 14.9. The molecule has 1 unspecified atom stereocenters. The molecule has 1 atom stereocenters. The Hall–Kier alpha value is -3.67. The fourth-order valence-electron chi connectivity index (χ4n) is 2.82. The Morgan fingerprint density at radius 1 is 0.893 bits per heavy atom. The van der Waals surface area contributed by atoms with Crippen LogP contribution in [0.2, 0.25) is 0 Å². The SMILES string of the molecule is O=C(O)C(c1ccccc1F)N(C(=O)OCc1ccccc1)c1ccccc1. The van der Waals surface area contributed by atoms with Crippen LogP contribution in [-0.2, 0) is 16.1 Å². The number of anilines is 1. The average molecular weight is 379 g/mol. The van der Waals surface area contributed by atoms with Crippen molar-refractivity contribution in [1.29, 1.82) is 0 Å². The third-order valence-corrected chi connectivity index (χ3v) is 4.13. The molecule has 1 amide bonds. The molecule has 0 aliphatic heterocycles. The molecular formula is C22H18FNO4. The van der Waals surface area contributed by atoms with Crippen molar-refractivity contribution in [2.45, 2.75) is 12.6 Å². The molecule has 0 saturated heterocycles. The van der Waals surface area contributed by atoms with Gasteiger partial charge >= 0.3 is 12.1 Å². The third-order valence-electron chi connectivity index (χ3n) is 4.13. The lowest BCUT2D eigenvalue weighted by atomic mass is 10.0. The Labute approximate surface area is 161 Å². The largest absolute Gasteiger partial charge is 0.479 e. The highest BCUT2D eigenvalue weighted by Gasteiger charge is 2.35. The Kier molecular flexibility index (Phi) is 6.01. The maximum absolute atomic E-state index is 14.3. The van der Waals surface area contributed by atoms with Crippen molar-refractivity contribution in [3.05, 3.63) is 102 Å². The van der Waals surface area contributed by atoms with Crippen LogP contribution in [0.3, 0.4) is 0 Å². The lowest BCUT2D eigenvalue weighted by Crippen LogP contribution is -2.40. The fourth-order valence-corrected chi connectivity index (χ4v) is 2.82. The molecule has 3 aromatic carbocycles. The fraction of sp³-hybridized carbons (Fsp3) is 0.0909. The van der Waals surface area contributed by atoms with Crippen LogP contribution in [0.5, 0.6) is 0 Å². The summed E-state index contributed by atoms with van der Waals surface area (Å²) in [4.78, 5) is 25.8. The highest BCUT2D eigenvalue weighted by molar-refractivity contribution is 5.95. The van der Waals surface area contributed by atoms with Gasteiger partial charge in [0, 0.05) is 11.3 Å². The number of carbonyl (C=O) groups is 2. The van der Waals surface area contributed by atoms with E-state index in [1.165, 1.54) is 18.2 Å². The van der Waals surface area contributed by atoms with Gasteiger partial charge in [0.1, 0.15) is 12.4 Å². The second-order valence-corrected chi connectivity index (χ2v) is 6.01. The van der Waals surface area contributed by atoms with Crippen molar-refractivity contribution in [3.8, 4) is 0 Å². The summed E-state index contributed by atoms with van der Waals surface area (Å²) in [6.07, 6.45) is -0.884. The van der Waals surface area contributed by atoms with Gasteiger partial charge in [-0.1, -0.05) is 66.7 Å². The Morgan fingerprint density at radius 3 is 2.07 bits per heavy atom. The van der Waals surface area contributed by atoms with Crippen molar-refractivity contribution >= 4 is 17.7 Å². The minimum atomic E-state index is -1.58. The Morgan fingerprint density at radius 2 is 1.46 bits per heavy atom. The normalized spacial score (nSPS) is 11.5. The standard InChI is InChI=1S/C22H18FNO4/c23-19-14-8-7-13-18(19)20(21(25)26)24(17-11-5-2-6-12-17)22(27)28-15-16-9-3-1-4-10-16/h1-14,20H,15H2,(H,25,26). The lowest BCUT2D eigenvalue weighted by Gasteiger charge is -2.28. The molecule has 0 aliphatic rings. The summed E-state index contributed by atoms with van der Waals surface area (Å²) >= 11 is 0. The number of amides is 1. The number of benzene rings is 3. The first-order valence-corrected chi connectivity index (χ1v) is 8.60. The van der Waals surface area contributed by atoms with Gasteiger partial charge < -0.3 is 9.84 Å². The predicted octanol–water partition coefficient (Wildman–Crippen LogP) is 4.79. The second-order valence-electron chi connectivity index (χ2n) is 6.01. The molecule has 3 rings (SSSR count). The number of halogens is 1. The number of carboxylic acids is 1. The first kappa shape index (κ1) is 19.1.